The second kappa shape index (κ2) is 11.6. The van der Waals surface area contributed by atoms with Crippen molar-refractivity contribution in [3.63, 3.8) is 0 Å². The van der Waals surface area contributed by atoms with Crippen LogP contribution in [0.15, 0.2) is 58.7 Å². The third kappa shape index (κ3) is 6.00. The van der Waals surface area contributed by atoms with Crippen LogP contribution in [0.2, 0.25) is 0 Å². The molecule has 2 N–H and O–H groups in total. The number of allylic oxidation sites excluding steroid dienone is 5. The summed E-state index contributed by atoms with van der Waals surface area (Å²) in [4.78, 5) is 41.0. The molecule has 1 saturated heterocycles. The molecule has 38 heavy (non-hydrogen) atoms. The van der Waals surface area contributed by atoms with Crippen molar-refractivity contribution in [1.29, 1.82) is 0 Å². The van der Waals surface area contributed by atoms with E-state index in [0.29, 0.717) is 23.9 Å². The van der Waals surface area contributed by atoms with Crippen molar-refractivity contribution in [2.45, 2.75) is 30.6 Å². The summed E-state index contributed by atoms with van der Waals surface area (Å²) in [7, 11) is -1.38. The Kier molecular flexibility index (Phi) is 9.16. The molecule has 0 spiro atoms. The van der Waals surface area contributed by atoms with E-state index in [1.54, 1.807) is 18.2 Å². The molecule has 0 atom stereocenters. The molecule has 2 heterocycles. The fourth-order valence-corrected chi connectivity index (χ4v) is 5.30. The summed E-state index contributed by atoms with van der Waals surface area (Å²) in [5.74, 6) is -1.03. The van der Waals surface area contributed by atoms with Gasteiger partial charge in [-0.05, 0) is 54.6 Å². The number of nitrogens with one attached hydrogen (secondary N) is 1. The summed E-state index contributed by atoms with van der Waals surface area (Å²) in [6.07, 6.45) is 7.20. The van der Waals surface area contributed by atoms with Gasteiger partial charge in [-0.15, -0.1) is 0 Å². The number of halogens is 1. The fourth-order valence-electron chi connectivity index (χ4n) is 4.36. The third-order valence-corrected chi connectivity index (χ3v) is 8.53. The van der Waals surface area contributed by atoms with Gasteiger partial charge < -0.3 is 10.2 Å². The highest BCUT2D eigenvalue weighted by molar-refractivity contribution is 14.1. The Balaban J connectivity index is 1.96. The van der Waals surface area contributed by atoms with Gasteiger partial charge in [0.15, 0.2) is 5.11 Å². The number of hydrogen-bond donors (Lipinski definition) is 2. The largest absolute Gasteiger partial charge is 0.355 e. The van der Waals surface area contributed by atoms with Crippen LogP contribution in [0.3, 0.4) is 0 Å². The van der Waals surface area contributed by atoms with E-state index >= 15 is 0 Å². The van der Waals surface area contributed by atoms with E-state index in [9.17, 15) is 27.4 Å². The molecule has 0 unspecified atom stereocenters. The molecule has 0 bridgehead atoms. The lowest BCUT2D eigenvalue weighted by Gasteiger charge is -2.31. The second-order valence-electron chi connectivity index (χ2n) is 9.30. The van der Waals surface area contributed by atoms with Crippen LogP contribution in [0.1, 0.15) is 25.8 Å². The van der Waals surface area contributed by atoms with Crippen LogP contribution in [0.4, 0.5) is 5.69 Å². The third-order valence-electron chi connectivity index (χ3n) is 6.44. The van der Waals surface area contributed by atoms with Crippen molar-refractivity contribution in [3.05, 3.63) is 59.3 Å². The summed E-state index contributed by atoms with van der Waals surface area (Å²) < 4.78 is 33.5. The average Bonchev–Trinajstić information content (AvgIpc) is 3.08. The zero-order valence-corrected chi connectivity index (χ0v) is 25.2. The van der Waals surface area contributed by atoms with Crippen LogP contribution in [0, 0.1) is 0 Å². The number of rotatable bonds is 8. The maximum atomic E-state index is 12.5. The molecule has 0 aromatic heterocycles. The minimum atomic E-state index is -4.39. The predicted molar refractivity (Wildman–Crippen MR) is 157 cm³/mol. The summed E-state index contributed by atoms with van der Waals surface area (Å²) in [6, 6.07) is 4.48. The quantitative estimate of drug-likeness (QED) is 0.0822. The molecular formula is C25H29IN4O6S2. The number of alkyl halides is 1. The average molecular weight is 673 g/mol. The molecular weight excluding hydrogens is 643 g/mol. The molecule has 2 aliphatic rings. The lowest BCUT2D eigenvalue weighted by Crippen LogP contribution is -2.52. The molecule has 0 aliphatic carbocycles. The number of carbonyl (C=O) groups excluding carboxylic acids is 3. The van der Waals surface area contributed by atoms with Crippen molar-refractivity contribution >= 4 is 73.4 Å². The van der Waals surface area contributed by atoms with Gasteiger partial charge in [-0.1, -0.05) is 48.6 Å². The van der Waals surface area contributed by atoms with Gasteiger partial charge in [0.05, 0.1) is 9.32 Å². The van der Waals surface area contributed by atoms with E-state index in [0.717, 1.165) is 16.9 Å². The molecule has 13 heteroatoms. The monoisotopic (exact) mass is 672 g/mol. The second-order valence-corrected chi connectivity index (χ2v) is 11.8. The van der Waals surface area contributed by atoms with Crippen LogP contribution in [0.5, 0.6) is 0 Å². The Hall–Kier alpha value is -2.62. The number of carbonyl (C=O) groups is 3. The number of thiocarbonyl (C=S) groups is 1. The Bertz CT molecular complexity index is 1360. The first-order valence-corrected chi connectivity index (χ1v) is 15.0. The van der Waals surface area contributed by atoms with Gasteiger partial charge >= 0.3 is 0 Å². The van der Waals surface area contributed by atoms with Gasteiger partial charge in [-0.25, -0.2) is 0 Å². The van der Waals surface area contributed by atoms with Crippen LogP contribution in [0.25, 0.3) is 0 Å². The molecule has 1 aromatic rings. The maximum Gasteiger partial charge on any atom is 0.294 e. The standard InChI is InChI=1S/C25H29IN4O6S2/c1-25(2)18-14-16(38(34,35)36)10-11-19(18)30(13-7-12-27-21(31)15-26)20(25)9-6-5-8-17-22(32)28(3)24(37)29(4)23(17)33/h5-6,8-11,14H,7,12-13,15H2,1-4H3,(H,27,31)(H,34,35,36)/b6-5+,20-9+. The van der Waals surface area contributed by atoms with E-state index in [1.807, 2.05) is 47.4 Å². The molecule has 1 fully saturated rings. The normalized spacial score (nSPS) is 18.6. The van der Waals surface area contributed by atoms with E-state index in [2.05, 4.69) is 5.32 Å². The Morgan fingerprint density at radius 1 is 1.13 bits per heavy atom. The summed E-state index contributed by atoms with van der Waals surface area (Å²) >= 11 is 7.10. The Morgan fingerprint density at radius 2 is 1.74 bits per heavy atom. The van der Waals surface area contributed by atoms with Crippen LogP contribution < -0.4 is 10.2 Å². The number of hydrogen-bond acceptors (Lipinski definition) is 7. The van der Waals surface area contributed by atoms with Crippen molar-refractivity contribution in [3.8, 4) is 0 Å². The summed E-state index contributed by atoms with van der Waals surface area (Å²) in [5, 5.41) is 2.97. The number of fused-ring (bicyclic) bond motifs is 1. The molecule has 3 amide bonds. The zero-order valence-electron chi connectivity index (χ0n) is 21.4. The lowest BCUT2D eigenvalue weighted by atomic mass is 9.83. The Labute approximate surface area is 241 Å². The first-order valence-electron chi connectivity index (χ1n) is 11.6. The molecule has 0 radical (unpaired) electrons. The number of amides is 3. The van der Waals surface area contributed by atoms with Gasteiger partial charge in [-0.2, -0.15) is 8.42 Å². The molecule has 10 nitrogen and oxygen atoms in total. The van der Waals surface area contributed by atoms with Gasteiger partial charge in [-0.3, -0.25) is 28.7 Å². The number of likely N-dealkylation sites (N-methyl/N-ethyl adjacent to an activating group) is 2. The zero-order chi connectivity index (χ0) is 28.4. The van der Waals surface area contributed by atoms with Gasteiger partial charge in [0.2, 0.25) is 5.91 Å². The topological polar surface area (TPSA) is 127 Å². The van der Waals surface area contributed by atoms with Crippen LogP contribution in [-0.4, -0.2) is 77.2 Å². The summed E-state index contributed by atoms with van der Waals surface area (Å²) in [5.41, 5.74) is 1.69. The van der Waals surface area contributed by atoms with E-state index in [-0.39, 0.29) is 21.5 Å². The number of benzene rings is 1. The number of anilines is 1. The van der Waals surface area contributed by atoms with Crippen molar-refractivity contribution < 1.29 is 27.4 Å². The maximum absolute atomic E-state index is 12.5. The molecule has 2 aliphatic heterocycles. The predicted octanol–water partition coefficient (Wildman–Crippen LogP) is 2.55. The van der Waals surface area contributed by atoms with E-state index < -0.39 is 27.3 Å². The minimum absolute atomic E-state index is 0.0205. The SMILES string of the molecule is CN1C(=O)C(=C/C=C/C=C2/N(CCCNC(=O)CI)c3ccc(S(=O)(=O)O)cc3C2(C)C)C(=O)N(C)C1=S. The number of nitrogens with zero attached hydrogens (tertiary/aromatic N) is 3. The molecule has 1 aromatic carbocycles. The molecule has 3 rings (SSSR count). The minimum Gasteiger partial charge on any atom is -0.355 e. The smallest absolute Gasteiger partial charge is 0.294 e. The Morgan fingerprint density at radius 3 is 2.32 bits per heavy atom. The van der Waals surface area contributed by atoms with Gasteiger partial charge in [0.1, 0.15) is 5.57 Å². The van der Waals surface area contributed by atoms with Crippen LogP contribution in [-0.2, 0) is 29.9 Å². The van der Waals surface area contributed by atoms with Crippen molar-refractivity contribution in [2.24, 2.45) is 0 Å². The summed E-state index contributed by atoms with van der Waals surface area (Å²) in [6.45, 7) is 4.89. The highest BCUT2D eigenvalue weighted by Crippen LogP contribution is 2.48. The molecule has 204 valence electrons. The lowest BCUT2D eigenvalue weighted by molar-refractivity contribution is -0.132. The molecule has 0 saturated carbocycles. The van der Waals surface area contributed by atoms with Crippen LogP contribution >= 0.6 is 34.8 Å². The first kappa shape index (κ1) is 29.9. The van der Waals surface area contributed by atoms with Gasteiger partial charge in [0.25, 0.3) is 21.9 Å². The van der Waals surface area contributed by atoms with Gasteiger partial charge in [0, 0.05) is 44.0 Å². The van der Waals surface area contributed by atoms with Crippen molar-refractivity contribution in [2.75, 3.05) is 36.5 Å². The first-order chi connectivity index (χ1) is 17.7. The van der Waals surface area contributed by atoms with Crippen molar-refractivity contribution in [1.82, 2.24) is 15.1 Å². The highest BCUT2D eigenvalue weighted by atomic mass is 127. The highest BCUT2D eigenvalue weighted by Gasteiger charge is 2.40. The fraction of sp³-hybridized carbons (Fsp3) is 0.360. The van der Waals surface area contributed by atoms with E-state index in [1.165, 1.54) is 42.1 Å². The van der Waals surface area contributed by atoms with E-state index in [4.69, 9.17) is 12.2 Å².